The number of hydrogen-bond acceptors (Lipinski definition) is 1. The third kappa shape index (κ3) is 8.30. The highest BCUT2D eigenvalue weighted by molar-refractivity contribution is 5.14. The second-order valence-corrected chi connectivity index (χ2v) is 5.48. The summed E-state index contributed by atoms with van der Waals surface area (Å²) in [6, 6.07) is 11.2. The third-order valence-electron chi connectivity index (χ3n) is 3.47. The van der Waals surface area contributed by atoms with Crippen molar-refractivity contribution >= 4 is 0 Å². The third-order valence-corrected chi connectivity index (χ3v) is 3.47. The number of nitrogens with two attached hydrogens (primary N) is 1. The molecule has 0 heterocycles. The van der Waals surface area contributed by atoms with E-state index in [2.05, 4.69) is 37.3 Å². The maximum atomic E-state index is 5.73. The molecule has 1 heteroatoms. The zero-order chi connectivity index (χ0) is 13.1. The number of aryl methyl sites for hydroxylation is 1. The Morgan fingerprint density at radius 2 is 1.39 bits per heavy atom. The molecule has 1 aromatic rings. The lowest BCUT2D eigenvalue weighted by atomic mass is 10.0. The zero-order valence-electron chi connectivity index (χ0n) is 11.9. The number of benzene rings is 1. The number of unbranched alkanes of at least 4 members (excludes halogenated alkanes) is 6. The van der Waals surface area contributed by atoms with E-state index in [4.69, 9.17) is 5.73 Å². The molecule has 0 saturated carbocycles. The summed E-state index contributed by atoms with van der Waals surface area (Å²) in [7, 11) is 0. The minimum Gasteiger partial charge on any atom is -0.328 e. The molecule has 1 unspecified atom stereocenters. The van der Waals surface area contributed by atoms with Gasteiger partial charge in [-0.15, -0.1) is 0 Å². The largest absolute Gasteiger partial charge is 0.328 e. The Labute approximate surface area is 113 Å². The molecule has 0 bridgehead atoms. The molecule has 18 heavy (non-hydrogen) atoms. The van der Waals surface area contributed by atoms with E-state index in [1.807, 2.05) is 0 Å². The van der Waals surface area contributed by atoms with E-state index in [0.29, 0.717) is 6.04 Å². The predicted molar refractivity (Wildman–Crippen MR) is 80.7 cm³/mol. The van der Waals surface area contributed by atoms with Crippen molar-refractivity contribution in [3.05, 3.63) is 35.9 Å². The molecule has 0 radical (unpaired) electrons. The summed E-state index contributed by atoms with van der Waals surface area (Å²) >= 11 is 0. The Bertz CT molecular complexity index is 279. The molecule has 0 aromatic heterocycles. The first-order chi connectivity index (χ1) is 8.79. The van der Waals surface area contributed by atoms with E-state index in [1.54, 1.807) is 0 Å². The van der Waals surface area contributed by atoms with E-state index >= 15 is 0 Å². The van der Waals surface area contributed by atoms with Crippen LogP contribution < -0.4 is 5.73 Å². The van der Waals surface area contributed by atoms with Crippen molar-refractivity contribution in [3.63, 3.8) is 0 Å². The van der Waals surface area contributed by atoms with Crippen molar-refractivity contribution in [2.75, 3.05) is 0 Å². The highest BCUT2D eigenvalue weighted by atomic mass is 14.6. The minimum atomic E-state index is 0.385. The molecule has 0 spiro atoms. The monoisotopic (exact) mass is 247 g/mol. The second kappa shape index (κ2) is 10.1. The van der Waals surface area contributed by atoms with Gasteiger partial charge in [0.1, 0.15) is 0 Å². The first-order valence-corrected chi connectivity index (χ1v) is 7.58. The van der Waals surface area contributed by atoms with Crippen molar-refractivity contribution in [3.8, 4) is 0 Å². The molecule has 0 aliphatic rings. The quantitative estimate of drug-likeness (QED) is 0.596. The fourth-order valence-electron chi connectivity index (χ4n) is 2.32. The van der Waals surface area contributed by atoms with Crippen LogP contribution in [0.2, 0.25) is 0 Å². The molecule has 1 rings (SSSR count). The van der Waals surface area contributed by atoms with Gasteiger partial charge in [-0.3, -0.25) is 0 Å². The molecule has 0 amide bonds. The fourth-order valence-corrected chi connectivity index (χ4v) is 2.32. The van der Waals surface area contributed by atoms with Crippen LogP contribution in [0.1, 0.15) is 63.9 Å². The number of rotatable bonds is 10. The Morgan fingerprint density at radius 3 is 2.00 bits per heavy atom. The summed E-state index contributed by atoms with van der Waals surface area (Å²) in [5.74, 6) is 0. The van der Waals surface area contributed by atoms with Crippen LogP contribution in [0.25, 0.3) is 0 Å². The van der Waals surface area contributed by atoms with E-state index in [-0.39, 0.29) is 0 Å². The van der Waals surface area contributed by atoms with Gasteiger partial charge in [0.2, 0.25) is 0 Å². The smallest absolute Gasteiger partial charge is 0.00104 e. The zero-order valence-corrected chi connectivity index (χ0v) is 11.9. The van der Waals surface area contributed by atoms with Gasteiger partial charge in [0.15, 0.2) is 0 Å². The normalized spacial score (nSPS) is 12.6. The highest BCUT2D eigenvalue weighted by Crippen LogP contribution is 2.11. The molecule has 1 atom stereocenters. The van der Waals surface area contributed by atoms with Gasteiger partial charge in [0.25, 0.3) is 0 Å². The summed E-state index contributed by atoms with van der Waals surface area (Å²) < 4.78 is 0. The standard InChI is InChI=1S/C17H29N/c1-16(18)12-8-5-3-2-4-6-9-13-17-14-10-7-11-15-17/h7,10-11,14-16H,2-6,8-9,12-13,18H2,1H3. The molecule has 2 N–H and O–H groups in total. The Morgan fingerprint density at radius 1 is 0.833 bits per heavy atom. The van der Waals surface area contributed by atoms with E-state index in [0.717, 1.165) is 0 Å². The highest BCUT2D eigenvalue weighted by Gasteiger charge is 1.96. The second-order valence-electron chi connectivity index (χ2n) is 5.48. The summed E-state index contributed by atoms with van der Waals surface area (Å²) in [4.78, 5) is 0. The van der Waals surface area contributed by atoms with Crippen LogP contribution in [0, 0.1) is 0 Å². The van der Waals surface area contributed by atoms with Gasteiger partial charge in [-0.1, -0.05) is 68.9 Å². The molecule has 0 saturated heterocycles. The number of hydrogen-bond donors (Lipinski definition) is 1. The van der Waals surface area contributed by atoms with Crippen LogP contribution in [0.3, 0.4) is 0 Å². The van der Waals surface area contributed by atoms with Crippen LogP contribution in [-0.4, -0.2) is 6.04 Å². The Balaban J connectivity index is 1.84. The lowest BCUT2D eigenvalue weighted by Gasteiger charge is -2.05. The van der Waals surface area contributed by atoms with Crippen molar-refractivity contribution in [2.24, 2.45) is 5.73 Å². The van der Waals surface area contributed by atoms with E-state index < -0.39 is 0 Å². The van der Waals surface area contributed by atoms with Gasteiger partial charge in [0, 0.05) is 6.04 Å². The van der Waals surface area contributed by atoms with Gasteiger partial charge in [-0.2, -0.15) is 0 Å². The first-order valence-electron chi connectivity index (χ1n) is 7.58. The summed E-state index contributed by atoms with van der Waals surface area (Å²) in [5.41, 5.74) is 7.21. The molecular weight excluding hydrogens is 218 g/mol. The molecular formula is C17H29N. The SMILES string of the molecule is CC(N)CCCCCCCCCc1ccccc1. The maximum Gasteiger partial charge on any atom is 0.00104 e. The predicted octanol–water partition coefficient (Wildman–Crippen LogP) is 4.70. The first kappa shape index (κ1) is 15.2. The molecule has 1 nitrogen and oxygen atoms in total. The van der Waals surface area contributed by atoms with Gasteiger partial charge < -0.3 is 5.73 Å². The van der Waals surface area contributed by atoms with Gasteiger partial charge in [-0.25, -0.2) is 0 Å². The van der Waals surface area contributed by atoms with Gasteiger partial charge in [-0.05, 0) is 31.7 Å². The molecule has 102 valence electrons. The van der Waals surface area contributed by atoms with Crippen LogP contribution in [-0.2, 0) is 6.42 Å². The molecule has 0 fully saturated rings. The lowest BCUT2D eigenvalue weighted by Crippen LogP contribution is -2.13. The van der Waals surface area contributed by atoms with Crippen molar-refractivity contribution in [1.82, 2.24) is 0 Å². The van der Waals surface area contributed by atoms with Crippen molar-refractivity contribution in [2.45, 2.75) is 70.8 Å². The van der Waals surface area contributed by atoms with Crippen LogP contribution in [0.5, 0.6) is 0 Å². The maximum absolute atomic E-state index is 5.73. The Hall–Kier alpha value is -0.820. The molecule has 0 aliphatic carbocycles. The summed E-state index contributed by atoms with van der Waals surface area (Å²) in [5, 5.41) is 0. The van der Waals surface area contributed by atoms with E-state index in [9.17, 15) is 0 Å². The summed E-state index contributed by atoms with van der Waals surface area (Å²) in [6.07, 6.45) is 12.0. The van der Waals surface area contributed by atoms with Crippen LogP contribution in [0.4, 0.5) is 0 Å². The summed E-state index contributed by atoms with van der Waals surface area (Å²) in [6.45, 7) is 2.10. The molecule has 0 aliphatic heterocycles. The van der Waals surface area contributed by atoms with Crippen LogP contribution in [0.15, 0.2) is 30.3 Å². The van der Waals surface area contributed by atoms with E-state index in [1.165, 1.54) is 63.4 Å². The fraction of sp³-hybridized carbons (Fsp3) is 0.647. The van der Waals surface area contributed by atoms with Gasteiger partial charge >= 0.3 is 0 Å². The Kier molecular flexibility index (Phi) is 8.58. The molecule has 1 aromatic carbocycles. The lowest BCUT2D eigenvalue weighted by molar-refractivity contribution is 0.543. The minimum absolute atomic E-state index is 0.385. The average molecular weight is 247 g/mol. The van der Waals surface area contributed by atoms with Crippen LogP contribution >= 0.6 is 0 Å². The average Bonchev–Trinajstić information content (AvgIpc) is 2.37. The van der Waals surface area contributed by atoms with Gasteiger partial charge in [0.05, 0.1) is 0 Å². The van der Waals surface area contributed by atoms with Crippen molar-refractivity contribution in [1.29, 1.82) is 0 Å². The topological polar surface area (TPSA) is 26.0 Å². The van der Waals surface area contributed by atoms with Crippen molar-refractivity contribution < 1.29 is 0 Å².